The Labute approximate surface area is 151 Å². The number of H-pyrrole nitrogens is 1. The van der Waals surface area contributed by atoms with Crippen LogP contribution in [-0.4, -0.2) is 28.9 Å². The minimum atomic E-state index is -0.208. The van der Waals surface area contributed by atoms with Gasteiger partial charge in [-0.05, 0) is 12.0 Å². The number of hydrogen-bond donors (Lipinski definition) is 3. The van der Waals surface area contributed by atoms with Crippen LogP contribution in [0.3, 0.4) is 0 Å². The van der Waals surface area contributed by atoms with E-state index >= 15 is 0 Å². The molecule has 0 aliphatic carbocycles. The number of nitrogens with one attached hydrogen (secondary N) is 2. The first-order chi connectivity index (χ1) is 12.6. The number of hydrogen-bond acceptors (Lipinski definition) is 4. The fourth-order valence-corrected chi connectivity index (χ4v) is 2.62. The van der Waals surface area contributed by atoms with E-state index in [0.29, 0.717) is 18.4 Å². The molecule has 2 aromatic carbocycles. The number of esters is 1. The second-order valence-corrected chi connectivity index (χ2v) is 5.90. The molecule has 4 N–H and O–H groups in total. The SMILES string of the molecule is COC(=O)CCc1ccc(-c2nc(-c3ccc(C(=N)N)cc3)c[nH]2)cc1. The van der Waals surface area contributed by atoms with Crippen LogP contribution in [0.25, 0.3) is 22.6 Å². The van der Waals surface area contributed by atoms with Gasteiger partial charge >= 0.3 is 5.97 Å². The minimum absolute atomic E-state index is 0.0477. The molecule has 3 aromatic rings. The van der Waals surface area contributed by atoms with E-state index < -0.39 is 0 Å². The lowest BCUT2D eigenvalue weighted by atomic mass is 10.1. The van der Waals surface area contributed by atoms with Gasteiger partial charge in [-0.3, -0.25) is 10.2 Å². The van der Waals surface area contributed by atoms with Crippen molar-refractivity contribution in [2.45, 2.75) is 12.8 Å². The van der Waals surface area contributed by atoms with Crippen LogP contribution in [-0.2, 0) is 16.0 Å². The van der Waals surface area contributed by atoms with Gasteiger partial charge in [0.1, 0.15) is 11.7 Å². The van der Waals surface area contributed by atoms with Gasteiger partial charge in [-0.25, -0.2) is 4.98 Å². The molecule has 0 bridgehead atoms. The summed E-state index contributed by atoms with van der Waals surface area (Å²) in [5.41, 5.74) is 9.98. The molecule has 0 unspecified atom stereocenters. The molecular weight excluding hydrogens is 328 g/mol. The van der Waals surface area contributed by atoms with E-state index in [1.54, 1.807) is 0 Å². The van der Waals surface area contributed by atoms with Crippen LogP contribution in [0.15, 0.2) is 54.7 Å². The van der Waals surface area contributed by atoms with Crippen molar-refractivity contribution < 1.29 is 9.53 Å². The van der Waals surface area contributed by atoms with Gasteiger partial charge in [0.25, 0.3) is 0 Å². The lowest BCUT2D eigenvalue weighted by molar-refractivity contribution is -0.140. The van der Waals surface area contributed by atoms with Crippen molar-refractivity contribution in [3.63, 3.8) is 0 Å². The van der Waals surface area contributed by atoms with Gasteiger partial charge in [-0.1, -0.05) is 48.5 Å². The Morgan fingerprint density at radius 3 is 2.38 bits per heavy atom. The first-order valence-electron chi connectivity index (χ1n) is 8.23. The molecule has 3 rings (SSSR count). The van der Waals surface area contributed by atoms with Crippen LogP contribution in [0.1, 0.15) is 17.5 Å². The molecule has 0 amide bonds. The van der Waals surface area contributed by atoms with Crippen LogP contribution in [0.4, 0.5) is 0 Å². The number of rotatable bonds is 6. The number of aromatic amines is 1. The molecule has 1 heterocycles. The van der Waals surface area contributed by atoms with Crippen LogP contribution >= 0.6 is 0 Å². The number of aromatic nitrogens is 2. The van der Waals surface area contributed by atoms with E-state index in [0.717, 1.165) is 28.2 Å². The number of benzene rings is 2. The smallest absolute Gasteiger partial charge is 0.305 e. The maximum Gasteiger partial charge on any atom is 0.305 e. The summed E-state index contributed by atoms with van der Waals surface area (Å²) in [6, 6.07) is 15.3. The normalized spacial score (nSPS) is 10.5. The van der Waals surface area contributed by atoms with Crippen molar-refractivity contribution in [1.82, 2.24) is 9.97 Å². The number of carbonyl (C=O) groups is 1. The molecule has 0 saturated carbocycles. The van der Waals surface area contributed by atoms with Crippen molar-refractivity contribution in [1.29, 1.82) is 5.41 Å². The summed E-state index contributed by atoms with van der Waals surface area (Å²) in [4.78, 5) is 19.0. The number of carbonyl (C=O) groups excluding carboxylic acids is 1. The monoisotopic (exact) mass is 348 g/mol. The van der Waals surface area contributed by atoms with Crippen LogP contribution < -0.4 is 5.73 Å². The summed E-state index contributed by atoms with van der Waals surface area (Å²) in [5, 5.41) is 7.44. The topological polar surface area (TPSA) is 105 Å². The van der Waals surface area contributed by atoms with Crippen molar-refractivity contribution in [3.8, 4) is 22.6 Å². The number of amidine groups is 1. The molecule has 6 heteroatoms. The number of imidazole rings is 1. The predicted octanol–water partition coefficient (Wildman–Crippen LogP) is 3.13. The molecule has 1 aromatic heterocycles. The molecule has 0 radical (unpaired) electrons. The van der Waals surface area contributed by atoms with Gasteiger partial charge in [0.05, 0.1) is 12.8 Å². The summed E-state index contributed by atoms with van der Waals surface area (Å²) >= 11 is 0. The third-order valence-corrected chi connectivity index (χ3v) is 4.14. The summed E-state index contributed by atoms with van der Waals surface area (Å²) in [7, 11) is 1.40. The fourth-order valence-electron chi connectivity index (χ4n) is 2.62. The number of ether oxygens (including phenoxy) is 1. The highest BCUT2D eigenvalue weighted by atomic mass is 16.5. The minimum Gasteiger partial charge on any atom is -0.469 e. The third-order valence-electron chi connectivity index (χ3n) is 4.14. The highest BCUT2D eigenvalue weighted by Crippen LogP contribution is 2.23. The Kier molecular flexibility index (Phi) is 5.12. The van der Waals surface area contributed by atoms with Crippen LogP contribution in [0.2, 0.25) is 0 Å². The van der Waals surface area contributed by atoms with Gasteiger partial charge < -0.3 is 15.5 Å². The van der Waals surface area contributed by atoms with Gasteiger partial charge in [0, 0.05) is 29.3 Å². The highest BCUT2D eigenvalue weighted by molar-refractivity contribution is 5.95. The van der Waals surface area contributed by atoms with Crippen molar-refractivity contribution in [2.75, 3.05) is 7.11 Å². The molecule has 6 nitrogen and oxygen atoms in total. The molecule has 0 spiro atoms. The van der Waals surface area contributed by atoms with E-state index in [1.807, 2.05) is 54.7 Å². The second-order valence-electron chi connectivity index (χ2n) is 5.90. The molecule has 0 saturated heterocycles. The van der Waals surface area contributed by atoms with Crippen molar-refractivity contribution >= 4 is 11.8 Å². The van der Waals surface area contributed by atoms with Crippen LogP contribution in [0, 0.1) is 5.41 Å². The maximum absolute atomic E-state index is 11.2. The summed E-state index contributed by atoms with van der Waals surface area (Å²) in [5.74, 6) is 0.613. The number of methoxy groups -OCH3 is 1. The standard InChI is InChI=1S/C20H20N4O2/c1-26-18(25)11-4-13-2-5-16(6-3-13)20-23-12-17(24-20)14-7-9-15(10-8-14)19(21)22/h2-3,5-10,12H,4,11H2,1H3,(H3,21,22)(H,23,24). The zero-order chi connectivity index (χ0) is 18.5. The Hall–Kier alpha value is -3.41. The lowest BCUT2D eigenvalue weighted by Crippen LogP contribution is -2.10. The summed E-state index contributed by atoms with van der Waals surface area (Å²) < 4.78 is 4.66. The molecule has 0 aliphatic heterocycles. The second kappa shape index (κ2) is 7.65. The van der Waals surface area contributed by atoms with Crippen molar-refractivity contribution in [3.05, 3.63) is 65.9 Å². The van der Waals surface area contributed by atoms with E-state index in [1.165, 1.54) is 7.11 Å². The van der Waals surface area contributed by atoms with Gasteiger partial charge in [0.15, 0.2) is 0 Å². The average molecular weight is 348 g/mol. The number of nitrogen functional groups attached to an aromatic ring is 1. The van der Waals surface area contributed by atoms with Crippen LogP contribution in [0.5, 0.6) is 0 Å². The first kappa shape index (κ1) is 17.4. The number of nitrogens with two attached hydrogens (primary N) is 1. The quantitative estimate of drug-likeness (QED) is 0.361. The lowest BCUT2D eigenvalue weighted by Gasteiger charge is -2.02. The largest absolute Gasteiger partial charge is 0.469 e. The molecule has 132 valence electrons. The van der Waals surface area contributed by atoms with E-state index in [9.17, 15) is 4.79 Å². The molecule has 0 atom stereocenters. The van der Waals surface area contributed by atoms with E-state index in [2.05, 4.69) is 14.7 Å². The zero-order valence-corrected chi connectivity index (χ0v) is 14.5. The summed E-state index contributed by atoms with van der Waals surface area (Å²) in [6.45, 7) is 0. The number of aryl methyl sites for hydroxylation is 1. The summed E-state index contributed by atoms with van der Waals surface area (Å²) in [6.07, 6.45) is 2.87. The third kappa shape index (κ3) is 3.97. The molecule has 26 heavy (non-hydrogen) atoms. The molecule has 0 aliphatic rings. The zero-order valence-electron chi connectivity index (χ0n) is 14.5. The maximum atomic E-state index is 11.2. The predicted molar refractivity (Wildman–Crippen MR) is 101 cm³/mol. The fraction of sp³-hybridized carbons (Fsp3) is 0.150. The highest BCUT2D eigenvalue weighted by Gasteiger charge is 2.07. The Morgan fingerprint density at radius 2 is 1.77 bits per heavy atom. The molecule has 0 fully saturated rings. The van der Waals surface area contributed by atoms with E-state index in [-0.39, 0.29) is 11.8 Å². The van der Waals surface area contributed by atoms with Gasteiger partial charge in [-0.15, -0.1) is 0 Å². The number of nitrogens with zero attached hydrogens (tertiary/aromatic N) is 1. The van der Waals surface area contributed by atoms with Gasteiger partial charge in [-0.2, -0.15) is 0 Å². The van der Waals surface area contributed by atoms with Crippen molar-refractivity contribution in [2.24, 2.45) is 5.73 Å². The Bertz CT molecular complexity index is 912. The Balaban J connectivity index is 1.73. The van der Waals surface area contributed by atoms with Gasteiger partial charge in [0.2, 0.25) is 0 Å². The average Bonchev–Trinajstić information content (AvgIpc) is 3.16. The Morgan fingerprint density at radius 1 is 1.12 bits per heavy atom. The van der Waals surface area contributed by atoms with E-state index in [4.69, 9.17) is 11.1 Å². The first-order valence-corrected chi connectivity index (χ1v) is 8.23. The molecular formula is C20H20N4O2.